The van der Waals surface area contributed by atoms with Crippen LogP contribution in [-0.4, -0.2) is 59.6 Å². The topological polar surface area (TPSA) is 95.0 Å². The van der Waals surface area contributed by atoms with E-state index in [2.05, 4.69) is 22.1 Å². The predicted octanol–water partition coefficient (Wildman–Crippen LogP) is 8.20. The number of halogens is 1. The molecule has 0 aliphatic rings. The van der Waals surface area contributed by atoms with Crippen LogP contribution in [0, 0.1) is 10.8 Å². The first-order valence-corrected chi connectivity index (χ1v) is 13.9. The van der Waals surface area contributed by atoms with Gasteiger partial charge in [-0.25, -0.2) is 0 Å². The maximum Gasteiger partial charge on any atom is 0.128 e. The summed E-state index contributed by atoms with van der Waals surface area (Å²) in [6, 6.07) is 29.8. The molecular formula is C34H31ClN6O. The number of H-pyrrole nitrogens is 2. The SMILES string of the molecule is CN(C)C(=N)c1ccc2cc(-c3ccc(Oc4ccc(-c5cc6ccc(C(=N)N(C)C)cc6[nH]5)c(Cl)c4)cc3)[nH]c2c1. The molecule has 0 bridgehead atoms. The molecule has 0 saturated heterocycles. The molecule has 7 nitrogen and oxygen atoms in total. The Kier molecular flexibility index (Phi) is 6.96. The summed E-state index contributed by atoms with van der Waals surface area (Å²) >= 11 is 6.71. The van der Waals surface area contributed by atoms with Crippen LogP contribution in [0.4, 0.5) is 0 Å². The zero-order chi connectivity index (χ0) is 29.5. The molecule has 8 heteroatoms. The molecule has 0 aliphatic carbocycles. The van der Waals surface area contributed by atoms with Gasteiger partial charge in [-0.1, -0.05) is 35.9 Å². The summed E-state index contributed by atoms with van der Waals surface area (Å²) in [6.45, 7) is 0. The molecule has 6 aromatic rings. The van der Waals surface area contributed by atoms with Crippen LogP contribution >= 0.6 is 11.6 Å². The van der Waals surface area contributed by atoms with E-state index in [1.165, 1.54) is 0 Å². The fourth-order valence-corrected chi connectivity index (χ4v) is 5.25. The fourth-order valence-electron chi connectivity index (χ4n) is 4.98. The second kappa shape index (κ2) is 10.8. The molecule has 0 radical (unpaired) electrons. The van der Waals surface area contributed by atoms with Gasteiger partial charge < -0.3 is 24.5 Å². The number of hydrogen-bond acceptors (Lipinski definition) is 3. The van der Waals surface area contributed by atoms with Crippen LogP contribution < -0.4 is 4.74 Å². The Bertz CT molecular complexity index is 1970. The lowest BCUT2D eigenvalue weighted by atomic mass is 10.1. The molecule has 2 aromatic heterocycles. The number of aromatic nitrogens is 2. The Labute approximate surface area is 249 Å². The fraction of sp³-hybridized carbons (Fsp3) is 0.118. The summed E-state index contributed by atoms with van der Waals surface area (Å²) in [7, 11) is 7.48. The number of aromatic amines is 2. The Hall–Kier alpha value is -5.01. The van der Waals surface area contributed by atoms with Crippen molar-refractivity contribution in [1.82, 2.24) is 19.8 Å². The van der Waals surface area contributed by atoms with E-state index in [1.807, 2.05) is 107 Å². The van der Waals surface area contributed by atoms with Gasteiger partial charge in [-0.15, -0.1) is 0 Å². The van der Waals surface area contributed by atoms with Crippen molar-refractivity contribution in [2.75, 3.05) is 28.2 Å². The van der Waals surface area contributed by atoms with E-state index < -0.39 is 0 Å². The van der Waals surface area contributed by atoms with Crippen LogP contribution in [0.1, 0.15) is 11.1 Å². The molecular weight excluding hydrogens is 544 g/mol. The van der Waals surface area contributed by atoms with Gasteiger partial charge in [-0.2, -0.15) is 0 Å². The lowest BCUT2D eigenvalue weighted by molar-refractivity contribution is 0.483. The second-order valence-electron chi connectivity index (χ2n) is 10.7. The third kappa shape index (κ3) is 5.22. The minimum atomic E-state index is 0.457. The molecule has 6 rings (SSSR count). The maximum absolute atomic E-state index is 8.26. The molecule has 2 heterocycles. The number of nitrogens with one attached hydrogen (secondary N) is 4. The average molecular weight is 575 g/mol. The number of rotatable bonds is 6. The van der Waals surface area contributed by atoms with E-state index in [0.29, 0.717) is 28.2 Å². The number of benzene rings is 4. The Balaban J connectivity index is 1.19. The van der Waals surface area contributed by atoms with Gasteiger partial charge in [0, 0.05) is 84.1 Å². The van der Waals surface area contributed by atoms with Gasteiger partial charge in [-0.3, -0.25) is 10.8 Å². The number of fused-ring (bicyclic) bond motifs is 2. The summed E-state index contributed by atoms with van der Waals surface area (Å²) in [5.41, 5.74) is 7.49. The maximum atomic E-state index is 8.26. The Morgan fingerprint density at radius 1 is 0.619 bits per heavy atom. The molecule has 0 aliphatic heterocycles. The van der Waals surface area contributed by atoms with Crippen molar-refractivity contribution in [2.24, 2.45) is 0 Å². The molecule has 4 N–H and O–H groups in total. The lowest BCUT2D eigenvalue weighted by Gasteiger charge is -2.13. The number of amidine groups is 2. The van der Waals surface area contributed by atoms with Crippen molar-refractivity contribution in [3.63, 3.8) is 0 Å². The summed E-state index contributed by atoms with van der Waals surface area (Å²) in [5, 5.41) is 19.2. The summed E-state index contributed by atoms with van der Waals surface area (Å²) in [5.74, 6) is 2.29. The molecule has 0 fully saturated rings. The van der Waals surface area contributed by atoms with E-state index >= 15 is 0 Å². The zero-order valence-electron chi connectivity index (χ0n) is 23.8. The number of ether oxygens (including phenoxy) is 1. The van der Waals surface area contributed by atoms with Gasteiger partial charge in [0.2, 0.25) is 0 Å². The van der Waals surface area contributed by atoms with E-state index in [-0.39, 0.29) is 0 Å². The standard InChI is InChI=1S/C34H31ClN6O/c1-40(2)33(36)23-7-5-21-15-29(38-30(21)17-23)20-9-11-25(12-10-20)42-26-13-14-27(28(35)19-26)32-16-22-6-8-24(18-31(22)39-32)34(37)41(3)4/h5-19,36-39H,1-4H3. The molecule has 0 saturated carbocycles. The quantitative estimate of drug-likeness (QED) is 0.119. The highest BCUT2D eigenvalue weighted by Gasteiger charge is 2.12. The van der Waals surface area contributed by atoms with Crippen molar-refractivity contribution in [3.8, 4) is 34.0 Å². The van der Waals surface area contributed by atoms with Gasteiger partial charge in [0.15, 0.2) is 0 Å². The van der Waals surface area contributed by atoms with Gasteiger partial charge in [0.1, 0.15) is 23.2 Å². The molecule has 0 atom stereocenters. The van der Waals surface area contributed by atoms with E-state index in [9.17, 15) is 0 Å². The van der Waals surface area contributed by atoms with Crippen LogP contribution in [0.25, 0.3) is 44.3 Å². The van der Waals surface area contributed by atoms with Crippen molar-refractivity contribution in [3.05, 3.63) is 107 Å². The van der Waals surface area contributed by atoms with Crippen LogP contribution in [0.5, 0.6) is 11.5 Å². The largest absolute Gasteiger partial charge is 0.457 e. The second-order valence-corrected chi connectivity index (χ2v) is 11.1. The Morgan fingerprint density at radius 3 is 1.69 bits per heavy atom. The molecule has 42 heavy (non-hydrogen) atoms. The van der Waals surface area contributed by atoms with Crippen molar-refractivity contribution in [2.45, 2.75) is 0 Å². The average Bonchev–Trinajstić information content (AvgIpc) is 3.60. The molecule has 4 aromatic carbocycles. The van der Waals surface area contributed by atoms with Gasteiger partial charge in [0.25, 0.3) is 0 Å². The summed E-state index contributed by atoms with van der Waals surface area (Å²) in [6.07, 6.45) is 0. The number of nitrogens with zero attached hydrogens (tertiary/aromatic N) is 2. The Morgan fingerprint density at radius 2 is 1.14 bits per heavy atom. The minimum Gasteiger partial charge on any atom is -0.457 e. The predicted molar refractivity (Wildman–Crippen MR) is 174 cm³/mol. The molecule has 0 spiro atoms. The van der Waals surface area contributed by atoms with E-state index in [1.54, 1.807) is 9.80 Å². The van der Waals surface area contributed by atoms with Crippen LogP contribution in [0.3, 0.4) is 0 Å². The van der Waals surface area contributed by atoms with Gasteiger partial charge >= 0.3 is 0 Å². The van der Waals surface area contributed by atoms with Gasteiger partial charge in [-0.05, 0) is 66.2 Å². The summed E-state index contributed by atoms with van der Waals surface area (Å²) < 4.78 is 6.13. The van der Waals surface area contributed by atoms with Crippen LogP contribution in [-0.2, 0) is 0 Å². The molecule has 0 unspecified atom stereocenters. The van der Waals surface area contributed by atoms with Crippen molar-refractivity contribution < 1.29 is 4.74 Å². The van der Waals surface area contributed by atoms with E-state index in [0.717, 1.165) is 55.4 Å². The first kappa shape index (κ1) is 27.2. The highest BCUT2D eigenvalue weighted by Crippen LogP contribution is 2.35. The van der Waals surface area contributed by atoms with Crippen molar-refractivity contribution >= 4 is 45.1 Å². The zero-order valence-corrected chi connectivity index (χ0v) is 24.6. The smallest absolute Gasteiger partial charge is 0.128 e. The van der Waals surface area contributed by atoms with Crippen LogP contribution in [0.2, 0.25) is 5.02 Å². The third-order valence-corrected chi connectivity index (χ3v) is 7.63. The van der Waals surface area contributed by atoms with Gasteiger partial charge in [0.05, 0.1) is 5.02 Å². The van der Waals surface area contributed by atoms with E-state index in [4.69, 9.17) is 27.2 Å². The normalized spacial score (nSPS) is 11.2. The first-order chi connectivity index (χ1) is 20.2. The molecule has 0 amide bonds. The first-order valence-electron chi connectivity index (χ1n) is 13.5. The third-order valence-electron chi connectivity index (χ3n) is 7.32. The summed E-state index contributed by atoms with van der Waals surface area (Å²) in [4.78, 5) is 10.5. The van der Waals surface area contributed by atoms with Crippen LogP contribution in [0.15, 0.2) is 91.0 Å². The minimum absolute atomic E-state index is 0.457. The monoisotopic (exact) mass is 574 g/mol. The lowest BCUT2D eigenvalue weighted by Crippen LogP contribution is -2.21. The number of hydrogen-bond donors (Lipinski definition) is 4. The highest BCUT2D eigenvalue weighted by molar-refractivity contribution is 6.33. The van der Waals surface area contributed by atoms with Crippen molar-refractivity contribution in [1.29, 1.82) is 10.8 Å². The molecule has 210 valence electrons. The highest BCUT2D eigenvalue weighted by atomic mass is 35.5.